The van der Waals surface area contributed by atoms with Gasteiger partial charge < -0.3 is 10.5 Å². The molecule has 0 aliphatic heterocycles. The van der Waals surface area contributed by atoms with Crippen LogP contribution in [0, 0.1) is 0 Å². The lowest BCUT2D eigenvalue weighted by Crippen LogP contribution is -2.23. The van der Waals surface area contributed by atoms with E-state index in [1.54, 1.807) is 0 Å². The minimum absolute atomic E-state index is 0. The van der Waals surface area contributed by atoms with Gasteiger partial charge in [-0.25, -0.2) is 0 Å². The van der Waals surface area contributed by atoms with Crippen molar-refractivity contribution in [3.63, 3.8) is 0 Å². The van der Waals surface area contributed by atoms with Crippen molar-refractivity contribution in [1.29, 1.82) is 0 Å². The fraction of sp³-hybridized carbons (Fsp3) is 0.500. The summed E-state index contributed by atoms with van der Waals surface area (Å²) in [4.78, 5) is 11.4. The Balaban J connectivity index is 0.00000441. The molecule has 0 aromatic heterocycles. The summed E-state index contributed by atoms with van der Waals surface area (Å²) >= 11 is 0. The van der Waals surface area contributed by atoms with Crippen molar-refractivity contribution in [3.8, 4) is 0 Å². The van der Waals surface area contributed by atoms with Crippen LogP contribution in [0.1, 0.15) is 64.1 Å². The highest BCUT2D eigenvalue weighted by atomic mass is 16.5. The Morgan fingerprint density at radius 1 is 1.29 bits per heavy atom. The summed E-state index contributed by atoms with van der Waals surface area (Å²) in [7, 11) is 0. The quantitative estimate of drug-likeness (QED) is 0.652. The predicted octanol–water partition coefficient (Wildman–Crippen LogP) is 4.35. The van der Waals surface area contributed by atoms with Gasteiger partial charge in [0.05, 0.1) is 0 Å². The molecule has 118 valence electrons. The van der Waals surface area contributed by atoms with E-state index in [2.05, 4.69) is 25.6 Å². The topological polar surface area (TPSA) is 52.3 Å². The molecule has 0 fully saturated rings. The maximum absolute atomic E-state index is 11.4. The summed E-state index contributed by atoms with van der Waals surface area (Å²) in [6.45, 7) is 8.32. The third-order valence-electron chi connectivity index (χ3n) is 3.66. The monoisotopic (exact) mass is 291 g/mol. The Morgan fingerprint density at radius 2 is 1.90 bits per heavy atom. The number of benzene rings is 1. The van der Waals surface area contributed by atoms with Gasteiger partial charge in [-0.2, -0.15) is 0 Å². The number of carbonyl (C=O) groups excluding carboxylic acids is 1. The van der Waals surface area contributed by atoms with Crippen LogP contribution in [-0.4, -0.2) is 12.5 Å². The summed E-state index contributed by atoms with van der Waals surface area (Å²) in [5.41, 5.74) is 7.52. The molecule has 0 bridgehead atoms. The highest BCUT2D eigenvalue weighted by Crippen LogP contribution is 2.28. The molecular weight excluding hydrogens is 262 g/mol. The van der Waals surface area contributed by atoms with Crippen LogP contribution in [0.15, 0.2) is 36.9 Å². The normalized spacial score (nSPS) is 13.6. The lowest BCUT2D eigenvalue weighted by atomic mass is 9.89. The molecule has 0 aliphatic rings. The third-order valence-corrected chi connectivity index (χ3v) is 3.66. The van der Waals surface area contributed by atoms with Crippen LogP contribution in [0.25, 0.3) is 0 Å². The molecular formula is C18H29NO2. The third kappa shape index (κ3) is 5.35. The smallest absolute Gasteiger partial charge is 0.251 e. The van der Waals surface area contributed by atoms with Gasteiger partial charge in [-0.3, -0.25) is 4.79 Å². The highest BCUT2D eigenvalue weighted by molar-refractivity contribution is 5.80. The van der Waals surface area contributed by atoms with Crippen molar-refractivity contribution in [2.75, 3.05) is 6.61 Å². The minimum atomic E-state index is -0.651. The Kier molecular flexibility index (Phi) is 7.76. The number of ether oxygens (including phenoxy) is 1. The zero-order chi connectivity index (χ0) is 15.7. The van der Waals surface area contributed by atoms with Gasteiger partial charge in [0.15, 0.2) is 6.10 Å². The molecule has 2 unspecified atom stereocenters. The standard InChI is InChI=1S/C18H27NO2.H2/c1-4-7-9-14(8-5-2)15-10-12-16(13-11-15)17(18(19)20)21-6-3;/h4,10-14,17H,1,5-9H2,2-3H3,(H2,19,20);1H. The zero-order valence-corrected chi connectivity index (χ0v) is 13.2. The summed E-state index contributed by atoms with van der Waals surface area (Å²) in [6.07, 6.45) is 5.78. The van der Waals surface area contributed by atoms with Gasteiger partial charge in [0.2, 0.25) is 0 Å². The maximum atomic E-state index is 11.4. The van der Waals surface area contributed by atoms with Crippen LogP contribution in [-0.2, 0) is 9.53 Å². The Morgan fingerprint density at radius 3 is 2.38 bits per heavy atom. The second kappa shape index (κ2) is 9.35. The van der Waals surface area contributed by atoms with E-state index in [0.717, 1.165) is 31.2 Å². The zero-order valence-electron chi connectivity index (χ0n) is 13.2. The molecule has 0 radical (unpaired) electrons. The summed E-state index contributed by atoms with van der Waals surface area (Å²) in [5, 5.41) is 0. The molecule has 3 nitrogen and oxygen atoms in total. The maximum Gasteiger partial charge on any atom is 0.251 e. The van der Waals surface area contributed by atoms with Gasteiger partial charge in [-0.15, -0.1) is 6.58 Å². The molecule has 1 aromatic rings. The largest absolute Gasteiger partial charge is 0.367 e. The number of primary amides is 1. The first-order chi connectivity index (χ1) is 10.1. The number of nitrogens with two attached hydrogens (primary N) is 1. The molecule has 1 amide bonds. The van der Waals surface area contributed by atoms with Crippen LogP contribution in [0.2, 0.25) is 0 Å². The molecule has 0 aliphatic carbocycles. The van der Waals surface area contributed by atoms with Crippen LogP contribution in [0.5, 0.6) is 0 Å². The van der Waals surface area contributed by atoms with E-state index >= 15 is 0 Å². The van der Waals surface area contributed by atoms with Crippen molar-refractivity contribution >= 4 is 5.91 Å². The van der Waals surface area contributed by atoms with E-state index in [-0.39, 0.29) is 1.43 Å². The molecule has 1 rings (SSSR count). The average molecular weight is 291 g/mol. The lowest BCUT2D eigenvalue weighted by Gasteiger charge is -2.18. The second-order valence-electron chi connectivity index (χ2n) is 5.26. The minimum Gasteiger partial charge on any atom is -0.367 e. The first kappa shape index (κ1) is 17.4. The van der Waals surface area contributed by atoms with Gasteiger partial charge in [-0.1, -0.05) is 43.7 Å². The van der Waals surface area contributed by atoms with E-state index in [1.807, 2.05) is 25.1 Å². The first-order valence-electron chi connectivity index (χ1n) is 7.75. The number of hydrogen-bond donors (Lipinski definition) is 1. The number of hydrogen-bond acceptors (Lipinski definition) is 2. The number of rotatable bonds is 10. The van der Waals surface area contributed by atoms with E-state index in [0.29, 0.717) is 12.5 Å². The molecule has 2 atom stereocenters. The van der Waals surface area contributed by atoms with Crippen LogP contribution in [0.3, 0.4) is 0 Å². The molecule has 3 heteroatoms. The second-order valence-corrected chi connectivity index (χ2v) is 5.26. The molecule has 0 saturated carbocycles. The van der Waals surface area contributed by atoms with Crippen molar-refractivity contribution in [3.05, 3.63) is 48.0 Å². The Hall–Kier alpha value is -1.61. The van der Waals surface area contributed by atoms with E-state index < -0.39 is 12.0 Å². The number of allylic oxidation sites excluding steroid dienone is 1. The molecule has 2 N–H and O–H groups in total. The fourth-order valence-electron chi connectivity index (χ4n) is 2.60. The summed E-state index contributed by atoms with van der Waals surface area (Å²) in [5.74, 6) is 0.0996. The molecule has 1 aromatic carbocycles. The summed E-state index contributed by atoms with van der Waals surface area (Å²) in [6, 6.07) is 8.09. The highest BCUT2D eigenvalue weighted by Gasteiger charge is 2.18. The van der Waals surface area contributed by atoms with E-state index in [9.17, 15) is 4.79 Å². The van der Waals surface area contributed by atoms with Gasteiger partial charge in [0.1, 0.15) is 0 Å². The van der Waals surface area contributed by atoms with Crippen LogP contribution in [0.4, 0.5) is 0 Å². The Labute approximate surface area is 129 Å². The molecule has 0 heterocycles. The lowest BCUT2D eigenvalue weighted by molar-refractivity contribution is -0.129. The number of carbonyl (C=O) groups is 1. The van der Waals surface area contributed by atoms with Crippen molar-refractivity contribution < 1.29 is 11.0 Å². The Bertz CT molecular complexity index is 445. The van der Waals surface area contributed by atoms with Crippen LogP contribution < -0.4 is 5.73 Å². The van der Waals surface area contributed by atoms with Gasteiger partial charge >= 0.3 is 0 Å². The SMILES string of the molecule is C=CCCC(CCC)c1ccc(C(OCC)C(N)=O)cc1.[HH]. The van der Waals surface area contributed by atoms with Gasteiger partial charge in [-0.05, 0) is 43.2 Å². The van der Waals surface area contributed by atoms with Crippen molar-refractivity contribution in [2.45, 2.75) is 51.6 Å². The van der Waals surface area contributed by atoms with Gasteiger partial charge in [0.25, 0.3) is 5.91 Å². The molecule has 0 spiro atoms. The van der Waals surface area contributed by atoms with Gasteiger partial charge in [0, 0.05) is 8.03 Å². The van der Waals surface area contributed by atoms with Crippen molar-refractivity contribution in [2.24, 2.45) is 5.73 Å². The number of amides is 1. The summed E-state index contributed by atoms with van der Waals surface area (Å²) < 4.78 is 5.41. The predicted molar refractivity (Wildman–Crippen MR) is 89.2 cm³/mol. The molecule has 0 saturated heterocycles. The van der Waals surface area contributed by atoms with Crippen molar-refractivity contribution in [1.82, 2.24) is 0 Å². The molecule has 21 heavy (non-hydrogen) atoms. The van der Waals surface area contributed by atoms with E-state index in [4.69, 9.17) is 10.5 Å². The van der Waals surface area contributed by atoms with E-state index in [1.165, 1.54) is 5.56 Å². The first-order valence-corrected chi connectivity index (χ1v) is 7.75. The fourth-order valence-corrected chi connectivity index (χ4v) is 2.60. The average Bonchev–Trinajstić information content (AvgIpc) is 2.49. The van der Waals surface area contributed by atoms with Crippen LogP contribution >= 0.6 is 0 Å².